The van der Waals surface area contributed by atoms with Crippen molar-refractivity contribution in [3.05, 3.63) is 23.8 Å². The summed E-state index contributed by atoms with van der Waals surface area (Å²) in [6.45, 7) is 3.25. The third-order valence-corrected chi connectivity index (χ3v) is 3.74. The summed E-state index contributed by atoms with van der Waals surface area (Å²) >= 11 is 0. The van der Waals surface area contributed by atoms with Crippen LogP contribution in [0.3, 0.4) is 0 Å². The molecule has 4 nitrogen and oxygen atoms in total. The molecular formula is C15H24N2O2. The lowest BCUT2D eigenvalue weighted by Gasteiger charge is -2.29. The maximum atomic E-state index is 6.30. The number of hydrogen-bond acceptors (Lipinski definition) is 4. The summed E-state index contributed by atoms with van der Waals surface area (Å²) in [5, 5.41) is 0. The standard InChI is InChI=1S/C15H24N2O2/c1-18-14-7-6-12(10-15(14)19-2)13(16)11-17-8-4-3-5-9-17/h6-7,10,13H,3-5,8-9,11,16H2,1-2H3. The Bertz CT molecular complexity index is 403. The molecule has 0 radical (unpaired) electrons. The minimum atomic E-state index is 0.0258. The van der Waals surface area contributed by atoms with E-state index >= 15 is 0 Å². The van der Waals surface area contributed by atoms with Crippen molar-refractivity contribution in [2.75, 3.05) is 33.9 Å². The molecule has 2 rings (SSSR count). The fraction of sp³-hybridized carbons (Fsp3) is 0.600. The zero-order valence-corrected chi connectivity index (χ0v) is 11.9. The third-order valence-electron chi connectivity index (χ3n) is 3.74. The Morgan fingerprint density at radius 2 is 1.79 bits per heavy atom. The first-order valence-electron chi connectivity index (χ1n) is 6.94. The molecule has 0 aliphatic carbocycles. The Morgan fingerprint density at radius 3 is 2.42 bits per heavy atom. The lowest BCUT2D eigenvalue weighted by atomic mass is 10.0. The Kier molecular flexibility index (Phi) is 5.05. The Hall–Kier alpha value is -1.26. The fourth-order valence-corrected chi connectivity index (χ4v) is 2.61. The van der Waals surface area contributed by atoms with Gasteiger partial charge >= 0.3 is 0 Å². The van der Waals surface area contributed by atoms with E-state index in [9.17, 15) is 0 Å². The Morgan fingerprint density at radius 1 is 1.11 bits per heavy atom. The van der Waals surface area contributed by atoms with Crippen LogP contribution in [0.15, 0.2) is 18.2 Å². The van der Waals surface area contributed by atoms with E-state index in [4.69, 9.17) is 15.2 Å². The number of ether oxygens (including phenoxy) is 2. The van der Waals surface area contributed by atoms with Crippen molar-refractivity contribution in [3.8, 4) is 11.5 Å². The summed E-state index contributed by atoms with van der Waals surface area (Å²) in [5.74, 6) is 1.49. The van der Waals surface area contributed by atoms with Gasteiger partial charge in [-0.15, -0.1) is 0 Å². The van der Waals surface area contributed by atoms with Crippen molar-refractivity contribution in [2.24, 2.45) is 5.73 Å². The zero-order valence-electron chi connectivity index (χ0n) is 11.9. The second-order valence-corrected chi connectivity index (χ2v) is 5.08. The van der Waals surface area contributed by atoms with Crippen LogP contribution in [0.25, 0.3) is 0 Å². The van der Waals surface area contributed by atoms with Crippen LogP contribution in [-0.4, -0.2) is 38.8 Å². The van der Waals surface area contributed by atoms with Crippen LogP contribution in [0.5, 0.6) is 11.5 Å². The monoisotopic (exact) mass is 264 g/mol. The highest BCUT2D eigenvalue weighted by atomic mass is 16.5. The van der Waals surface area contributed by atoms with Crippen molar-refractivity contribution in [1.82, 2.24) is 4.90 Å². The molecule has 1 fully saturated rings. The van der Waals surface area contributed by atoms with Crippen LogP contribution in [0.4, 0.5) is 0 Å². The molecule has 1 heterocycles. The molecular weight excluding hydrogens is 240 g/mol. The predicted molar refractivity (Wildman–Crippen MR) is 76.8 cm³/mol. The summed E-state index contributed by atoms with van der Waals surface area (Å²) in [6, 6.07) is 5.95. The molecule has 0 bridgehead atoms. The molecule has 2 N–H and O–H groups in total. The number of piperidine rings is 1. The second-order valence-electron chi connectivity index (χ2n) is 5.08. The van der Waals surface area contributed by atoms with E-state index in [1.54, 1.807) is 14.2 Å². The second kappa shape index (κ2) is 6.78. The minimum absolute atomic E-state index is 0.0258. The molecule has 0 aromatic heterocycles. The molecule has 1 aromatic rings. The molecule has 0 amide bonds. The number of nitrogens with zero attached hydrogens (tertiary/aromatic N) is 1. The van der Waals surface area contributed by atoms with Crippen LogP contribution in [0, 0.1) is 0 Å². The number of methoxy groups -OCH3 is 2. The van der Waals surface area contributed by atoms with Crippen molar-refractivity contribution < 1.29 is 9.47 Å². The minimum Gasteiger partial charge on any atom is -0.493 e. The lowest BCUT2D eigenvalue weighted by molar-refractivity contribution is 0.216. The number of likely N-dealkylation sites (tertiary alicyclic amines) is 1. The van der Waals surface area contributed by atoms with Gasteiger partial charge in [-0.3, -0.25) is 0 Å². The average Bonchev–Trinajstić information content (AvgIpc) is 2.47. The lowest BCUT2D eigenvalue weighted by Crippen LogP contribution is -2.36. The number of hydrogen-bond donors (Lipinski definition) is 1. The Labute approximate surface area is 115 Å². The Balaban J connectivity index is 2.03. The van der Waals surface area contributed by atoms with Gasteiger partial charge in [0.1, 0.15) is 0 Å². The van der Waals surface area contributed by atoms with Gasteiger partial charge in [-0.2, -0.15) is 0 Å². The molecule has 0 spiro atoms. The third kappa shape index (κ3) is 3.61. The molecule has 4 heteroatoms. The number of nitrogens with two attached hydrogens (primary N) is 1. The first-order valence-corrected chi connectivity index (χ1v) is 6.94. The van der Waals surface area contributed by atoms with E-state index in [-0.39, 0.29) is 6.04 Å². The van der Waals surface area contributed by atoms with Gasteiger partial charge in [0.15, 0.2) is 11.5 Å². The van der Waals surface area contributed by atoms with Gasteiger partial charge in [0.2, 0.25) is 0 Å². The van der Waals surface area contributed by atoms with Crippen molar-refractivity contribution >= 4 is 0 Å². The van der Waals surface area contributed by atoms with E-state index < -0.39 is 0 Å². The van der Waals surface area contributed by atoms with E-state index in [1.807, 2.05) is 18.2 Å². The molecule has 1 atom stereocenters. The molecule has 1 unspecified atom stereocenters. The molecule has 0 saturated carbocycles. The number of benzene rings is 1. The van der Waals surface area contributed by atoms with Crippen LogP contribution in [0.2, 0.25) is 0 Å². The SMILES string of the molecule is COc1ccc(C(N)CN2CCCCC2)cc1OC. The van der Waals surface area contributed by atoms with Crippen LogP contribution in [-0.2, 0) is 0 Å². The summed E-state index contributed by atoms with van der Waals surface area (Å²) in [4.78, 5) is 2.45. The predicted octanol–water partition coefficient (Wildman–Crippen LogP) is 2.19. The fourth-order valence-electron chi connectivity index (χ4n) is 2.61. The molecule has 1 aliphatic rings. The van der Waals surface area contributed by atoms with Gasteiger partial charge in [-0.25, -0.2) is 0 Å². The first kappa shape index (κ1) is 14.2. The average molecular weight is 264 g/mol. The summed E-state index contributed by atoms with van der Waals surface area (Å²) in [7, 11) is 3.29. The topological polar surface area (TPSA) is 47.7 Å². The van der Waals surface area contributed by atoms with Crippen LogP contribution >= 0.6 is 0 Å². The number of rotatable bonds is 5. The van der Waals surface area contributed by atoms with Gasteiger partial charge in [0.05, 0.1) is 14.2 Å². The van der Waals surface area contributed by atoms with Gasteiger partial charge in [0.25, 0.3) is 0 Å². The summed E-state index contributed by atoms with van der Waals surface area (Å²) < 4.78 is 10.6. The normalized spacial score (nSPS) is 18.1. The van der Waals surface area contributed by atoms with E-state index in [2.05, 4.69) is 4.90 Å². The zero-order chi connectivity index (χ0) is 13.7. The highest BCUT2D eigenvalue weighted by Gasteiger charge is 2.16. The van der Waals surface area contributed by atoms with Gasteiger partial charge in [-0.05, 0) is 43.6 Å². The maximum absolute atomic E-state index is 6.30. The van der Waals surface area contributed by atoms with Gasteiger partial charge in [0, 0.05) is 12.6 Å². The first-order chi connectivity index (χ1) is 9.24. The quantitative estimate of drug-likeness (QED) is 0.885. The molecule has 106 valence electrons. The van der Waals surface area contributed by atoms with E-state index in [0.717, 1.165) is 23.6 Å². The molecule has 1 aromatic carbocycles. The molecule has 1 aliphatic heterocycles. The van der Waals surface area contributed by atoms with Gasteiger partial charge < -0.3 is 20.1 Å². The van der Waals surface area contributed by atoms with Crippen LogP contribution in [0.1, 0.15) is 30.9 Å². The summed E-state index contributed by atoms with van der Waals surface area (Å²) in [5.41, 5.74) is 7.40. The highest BCUT2D eigenvalue weighted by molar-refractivity contribution is 5.43. The smallest absolute Gasteiger partial charge is 0.161 e. The highest BCUT2D eigenvalue weighted by Crippen LogP contribution is 2.29. The van der Waals surface area contributed by atoms with E-state index in [1.165, 1.54) is 32.4 Å². The maximum Gasteiger partial charge on any atom is 0.161 e. The van der Waals surface area contributed by atoms with Crippen molar-refractivity contribution in [3.63, 3.8) is 0 Å². The summed E-state index contributed by atoms with van der Waals surface area (Å²) in [6.07, 6.45) is 3.93. The van der Waals surface area contributed by atoms with Crippen molar-refractivity contribution in [1.29, 1.82) is 0 Å². The largest absolute Gasteiger partial charge is 0.493 e. The van der Waals surface area contributed by atoms with E-state index in [0.29, 0.717) is 0 Å². The van der Waals surface area contributed by atoms with Crippen molar-refractivity contribution in [2.45, 2.75) is 25.3 Å². The van der Waals surface area contributed by atoms with Crippen LogP contribution < -0.4 is 15.2 Å². The molecule has 1 saturated heterocycles. The molecule has 19 heavy (non-hydrogen) atoms. The van der Waals surface area contributed by atoms with Gasteiger partial charge in [-0.1, -0.05) is 12.5 Å².